The molecule has 18 heavy (non-hydrogen) atoms. The summed E-state index contributed by atoms with van der Waals surface area (Å²) in [6.45, 7) is 9.88. The number of pyridine rings is 1. The third-order valence-corrected chi connectivity index (χ3v) is 3.18. The third kappa shape index (κ3) is 6.12. The van der Waals surface area contributed by atoms with E-state index in [9.17, 15) is 0 Å². The molecule has 1 heterocycles. The summed E-state index contributed by atoms with van der Waals surface area (Å²) >= 11 is 0. The van der Waals surface area contributed by atoms with Gasteiger partial charge < -0.3 is 5.32 Å². The SMILES string of the molecule is CC(C)CNCCC(C)N(C)Cc1ccccn1. The van der Waals surface area contributed by atoms with Crippen molar-refractivity contribution in [2.75, 3.05) is 20.1 Å². The molecule has 0 bridgehead atoms. The van der Waals surface area contributed by atoms with E-state index in [1.54, 1.807) is 0 Å². The van der Waals surface area contributed by atoms with Crippen molar-refractivity contribution in [2.24, 2.45) is 5.92 Å². The van der Waals surface area contributed by atoms with E-state index in [1.807, 2.05) is 18.3 Å². The summed E-state index contributed by atoms with van der Waals surface area (Å²) in [5, 5.41) is 3.49. The van der Waals surface area contributed by atoms with Crippen LogP contribution in [0.3, 0.4) is 0 Å². The monoisotopic (exact) mass is 249 g/mol. The zero-order valence-electron chi connectivity index (χ0n) is 12.2. The second-order valence-corrected chi connectivity index (χ2v) is 5.47. The number of hydrogen-bond donors (Lipinski definition) is 1. The maximum atomic E-state index is 4.36. The Morgan fingerprint density at radius 1 is 1.28 bits per heavy atom. The van der Waals surface area contributed by atoms with Crippen molar-refractivity contribution in [1.82, 2.24) is 15.2 Å². The van der Waals surface area contributed by atoms with Crippen molar-refractivity contribution in [3.05, 3.63) is 30.1 Å². The highest BCUT2D eigenvalue weighted by atomic mass is 15.1. The van der Waals surface area contributed by atoms with E-state index >= 15 is 0 Å². The summed E-state index contributed by atoms with van der Waals surface area (Å²) in [7, 11) is 2.17. The van der Waals surface area contributed by atoms with Crippen LogP contribution in [0.25, 0.3) is 0 Å². The highest BCUT2D eigenvalue weighted by Crippen LogP contribution is 2.05. The standard InChI is InChI=1S/C15H27N3/c1-13(2)11-16-10-8-14(3)18(4)12-15-7-5-6-9-17-15/h5-7,9,13-14,16H,8,10-12H2,1-4H3. The first kappa shape index (κ1) is 15.1. The smallest absolute Gasteiger partial charge is 0.0543 e. The van der Waals surface area contributed by atoms with Gasteiger partial charge >= 0.3 is 0 Å². The Balaban J connectivity index is 2.22. The van der Waals surface area contributed by atoms with Gasteiger partial charge in [0.1, 0.15) is 0 Å². The molecule has 3 heteroatoms. The van der Waals surface area contributed by atoms with Crippen LogP contribution in [0, 0.1) is 5.92 Å². The lowest BCUT2D eigenvalue weighted by Gasteiger charge is -2.24. The first-order valence-electron chi connectivity index (χ1n) is 6.90. The molecule has 1 atom stereocenters. The molecule has 0 spiro atoms. The van der Waals surface area contributed by atoms with E-state index in [-0.39, 0.29) is 0 Å². The Kier molecular flexibility index (Phi) is 6.91. The van der Waals surface area contributed by atoms with Gasteiger partial charge in [0.15, 0.2) is 0 Å². The van der Waals surface area contributed by atoms with Crippen molar-refractivity contribution in [3.8, 4) is 0 Å². The summed E-state index contributed by atoms with van der Waals surface area (Å²) < 4.78 is 0. The van der Waals surface area contributed by atoms with E-state index in [2.05, 4.69) is 49.1 Å². The van der Waals surface area contributed by atoms with E-state index in [0.29, 0.717) is 6.04 Å². The van der Waals surface area contributed by atoms with Crippen molar-refractivity contribution in [2.45, 2.75) is 39.8 Å². The van der Waals surface area contributed by atoms with E-state index in [1.165, 1.54) is 6.42 Å². The lowest BCUT2D eigenvalue weighted by atomic mass is 10.2. The predicted molar refractivity (Wildman–Crippen MR) is 77.5 cm³/mol. The van der Waals surface area contributed by atoms with Gasteiger partial charge in [0, 0.05) is 18.8 Å². The highest BCUT2D eigenvalue weighted by molar-refractivity contribution is 5.03. The summed E-state index contributed by atoms with van der Waals surface area (Å²) in [4.78, 5) is 6.72. The first-order valence-corrected chi connectivity index (χ1v) is 6.90. The van der Waals surface area contributed by atoms with Crippen LogP contribution in [0.1, 0.15) is 32.9 Å². The molecule has 0 amide bonds. The Labute approximate surface area is 112 Å². The molecule has 0 aliphatic rings. The van der Waals surface area contributed by atoms with Crippen molar-refractivity contribution in [1.29, 1.82) is 0 Å². The fourth-order valence-corrected chi connectivity index (χ4v) is 1.83. The molecular weight excluding hydrogens is 222 g/mol. The Bertz CT molecular complexity index is 311. The van der Waals surface area contributed by atoms with Crippen molar-refractivity contribution in [3.63, 3.8) is 0 Å². The van der Waals surface area contributed by atoms with Crippen molar-refractivity contribution < 1.29 is 0 Å². The fourth-order valence-electron chi connectivity index (χ4n) is 1.83. The van der Waals surface area contributed by atoms with Crippen LogP contribution >= 0.6 is 0 Å². The molecule has 1 aromatic heterocycles. The number of hydrogen-bond acceptors (Lipinski definition) is 3. The van der Waals surface area contributed by atoms with Crippen molar-refractivity contribution >= 4 is 0 Å². The zero-order valence-corrected chi connectivity index (χ0v) is 12.2. The lowest BCUT2D eigenvalue weighted by Crippen LogP contribution is -2.32. The average molecular weight is 249 g/mol. The van der Waals surface area contributed by atoms with Crippen LogP contribution in [-0.4, -0.2) is 36.1 Å². The maximum absolute atomic E-state index is 4.36. The maximum Gasteiger partial charge on any atom is 0.0543 e. The van der Waals surface area contributed by atoms with Gasteiger partial charge in [-0.3, -0.25) is 9.88 Å². The minimum atomic E-state index is 0.576. The minimum absolute atomic E-state index is 0.576. The molecule has 1 rings (SSSR count). The molecular formula is C15H27N3. The zero-order chi connectivity index (χ0) is 13.4. The molecule has 0 radical (unpaired) electrons. The van der Waals surface area contributed by atoms with Gasteiger partial charge in [0.25, 0.3) is 0 Å². The molecule has 1 unspecified atom stereocenters. The molecule has 0 saturated carbocycles. The molecule has 1 aromatic rings. The predicted octanol–water partition coefficient (Wildman–Crippen LogP) is 2.54. The lowest BCUT2D eigenvalue weighted by molar-refractivity contribution is 0.233. The van der Waals surface area contributed by atoms with Gasteiger partial charge in [-0.05, 0) is 51.5 Å². The Morgan fingerprint density at radius 2 is 2.06 bits per heavy atom. The molecule has 1 N–H and O–H groups in total. The highest BCUT2D eigenvalue weighted by Gasteiger charge is 2.09. The summed E-state index contributed by atoms with van der Waals surface area (Å²) in [6, 6.07) is 6.67. The van der Waals surface area contributed by atoms with Gasteiger partial charge in [-0.25, -0.2) is 0 Å². The largest absolute Gasteiger partial charge is 0.316 e. The van der Waals surface area contributed by atoms with Crippen LogP contribution in [0.5, 0.6) is 0 Å². The van der Waals surface area contributed by atoms with Crippen LogP contribution in [0.2, 0.25) is 0 Å². The fraction of sp³-hybridized carbons (Fsp3) is 0.667. The number of nitrogens with zero attached hydrogens (tertiary/aromatic N) is 2. The van der Waals surface area contributed by atoms with Crippen LogP contribution < -0.4 is 5.32 Å². The molecule has 0 saturated heterocycles. The van der Waals surface area contributed by atoms with E-state index < -0.39 is 0 Å². The minimum Gasteiger partial charge on any atom is -0.316 e. The molecule has 3 nitrogen and oxygen atoms in total. The van der Waals surface area contributed by atoms with Gasteiger partial charge in [0.2, 0.25) is 0 Å². The van der Waals surface area contributed by atoms with E-state index in [4.69, 9.17) is 0 Å². The third-order valence-electron chi connectivity index (χ3n) is 3.18. The second-order valence-electron chi connectivity index (χ2n) is 5.47. The van der Waals surface area contributed by atoms with Crippen LogP contribution in [0.4, 0.5) is 0 Å². The molecule has 102 valence electrons. The summed E-state index contributed by atoms with van der Waals surface area (Å²) in [5.41, 5.74) is 1.14. The second kappa shape index (κ2) is 8.22. The number of nitrogens with one attached hydrogen (secondary N) is 1. The molecule has 0 aromatic carbocycles. The Morgan fingerprint density at radius 3 is 2.67 bits per heavy atom. The summed E-state index contributed by atoms with van der Waals surface area (Å²) in [5.74, 6) is 0.728. The average Bonchev–Trinajstić information content (AvgIpc) is 2.35. The molecule has 0 aliphatic carbocycles. The van der Waals surface area contributed by atoms with Gasteiger partial charge in [-0.1, -0.05) is 19.9 Å². The Hall–Kier alpha value is -0.930. The quantitative estimate of drug-likeness (QED) is 0.718. The number of rotatable bonds is 8. The van der Waals surface area contributed by atoms with Gasteiger partial charge in [-0.15, -0.1) is 0 Å². The molecule has 0 fully saturated rings. The van der Waals surface area contributed by atoms with Gasteiger partial charge in [-0.2, -0.15) is 0 Å². The molecule has 0 aliphatic heterocycles. The van der Waals surface area contributed by atoms with Crippen LogP contribution in [-0.2, 0) is 6.54 Å². The number of aromatic nitrogens is 1. The summed E-state index contributed by atoms with van der Waals surface area (Å²) in [6.07, 6.45) is 3.04. The van der Waals surface area contributed by atoms with E-state index in [0.717, 1.165) is 31.2 Å². The topological polar surface area (TPSA) is 28.2 Å². The van der Waals surface area contributed by atoms with Gasteiger partial charge in [0.05, 0.1) is 5.69 Å². The first-order chi connectivity index (χ1) is 8.59. The normalized spacial score (nSPS) is 13.2. The van der Waals surface area contributed by atoms with Crippen LogP contribution in [0.15, 0.2) is 24.4 Å².